The molecule has 0 bridgehead atoms. The van der Waals surface area contributed by atoms with E-state index >= 15 is 0 Å². The Kier molecular flexibility index (Phi) is 5.13. The van der Waals surface area contributed by atoms with E-state index in [4.69, 9.17) is 4.84 Å². The lowest BCUT2D eigenvalue weighted by atomic mass is 10.2. The molecule has 0 radical (unpaired) electrons. The number of thioether (sulfide) groups is 1. The van der Waals surface area contributed by atoms with Crippen molar-refractivity contribution in [3.63, 3.8) is 0 Å². The van der Waals surface area contributed by atoms with Crippen LogP contribution in [-0.2, 0) is 16.2 Å². The fourth-order valence-electron chi connectivity index (χ4n) is 1.16. The number of nitrogens with one attached hydrogen (secondary N) is 1. The second kappa shape index (κ2) is 7.10. The normalized spacial score (nSPS) is 10.2. The lowest BCUT2D eigenvalue weighted by molar-refractivity contribution is -0.131. The first-order chi connectivity index (χ1) is 8.84. The van der Waals surface area contributed by atoms with Gasteiger partial charge in [0.1, 0.15) is 5.51 Å². The molecular weight excluding hydrogens is 270 g/mol. The zero-order valence-corrected chi connectivity index (χ0v) is 11.0. The molecule has 1 N–H and O–H groups in total. The number of hydroxylamine groups is 1. The van der Waals surface area contributed by atoms with Crippen molar-refractivity contribution < 1.29 is 9.63 Å². The van der Waals surface area contributed by atoms with Gasteiger partial charge >= 0.3 is 0 Å². The van der Waals surface area contributed by atoms with Gasteiger partial charge in [0.15, 0.2) is 4.34 Å². The number of carbonyl (C=O) groups excluding carboxylic acids is 1. The standard InChI is InChI=1S/C11H11N3O2S2/c15-10(7-17-11-13-12-8-18-11)14-16-6-9-4-2-1-3-5-9/h1-5,8H,6-7H2,(H,14,15). The summed E-state index contributed by atoms with van der Waals surface area (Å²) < 4.78 is 0.771. The van der Waals surface area contributed by atoms with Crippen LogP contribution >= 0.6 is 23.1 Å². The molecule has 5 nitrogen and oxygen atoms in total. The van der Waals surface area contributed by atoms with E-state index in [1.807, 2.05) is 30.3 Å². The van der Waals surface area contributed by atoms with Crippen molar-refractivity contribution in [1.82, 2.24) is 15.7 Å². The molecule has 1 aromatic heterocycles. The molecular formula is C11H11N3O2S2. The van der Waals surface area contributed by atoms with Crippen LogP contribution in [-0.4, -0.2) is 21.9 Å². The maximum Gasteiger partial charge on any atom is 0.253 e. The van der Waals surface area contributed by atoms with Crippen molar-refractivity contribution in [3.05, 3.63) is 41.4 Å². The average molecular weight is 281 g/mol. The molecule has 94 valence electrons. The first-order valence-electron chi connectivity index (χ1n) is 5.18. The van der Waals surface area contributed by atoms with Crippen molar-refractivity contribution in [3.8, 4) is 0 Å². The van der Waals surface area contributed by atoms with Gasteiger partial charge in [-0.3, -0.25) is 9.63 Å². The molecule has 0 saturated heterocycles. The van der Waals surface area contributed by atoms with Crippen molar-refractivity contribution >= 4 is 29.0 Å². The zero-order valence-electron chi connectivity index (χ0n) is 9.41. The van der Waals surface area contributed by atoms with Crippen molar-refractivity contribution in [1.29, 1.82) is 0 Å². The van der Waals surface area contributed by atoms with Crippen LogP contribution in [0, 0.1) is 0 Å². The second-order valence-electron chi connectivity index (χ2n) is 3.29. The van der Waals surface area contributed by atoms with Gasteiger partial charge in [-0.25, -0.2) is 5.48 Å². The largest absolute Gasteiger partial charge is 0.272 e. The molecule has 2 aromatic rings. The number of carbonyl (C=O) groups is 1. The van der Waals surface area contributed by atoms with Gasteiger partial charge in [-0.05, 0) is 5.56 Å². The summed E-state index contributed by atoms with van der Waals surface area (Å²) in [7, 11) is 0. The van der Waals surface area contributed by atoms with E-state index in [2.05, 4.69) is 15.7 Å². The van der Waals surface area contributed by atoms with Gasteiger partial charge in [0.25, 0.3) is 5.91 Å². The third-order valence-electron chi connectivity index (χ3n) is 1.93. The van der Waals surface area contributed by atoms with Crippen LogP contribution in [0.4, 0.5) is 0 Å². The zero-order chi connectivity index (χ0) is 12.6. The number of benzene rings is 1. The van der Waals surface area contributed by atoms with E-state index in [0.717, 1.165) is 9.90 Å². The number of amides is 1. The lowest BCUT2D eigenvalue weighted by Gasteiger charge is -2.04. The van der Waals surface area contributed by atoms with Crippen LogP contribution in [0.25, 0.3) is 0 Å². The van der Waals surface area contributed by atoms with Crippen LogP contribution in [0.1, 0.15) is 5.56 Å². The van der Waals surface area contributed by atoms with Gasteiger partial charge in [-0.2, -0.15) is 0 Å². The third kappa shape index (κ3) is 4.44. The van der Waals surface area contributed by atoms with Crippen molar-refractivity contribution in [2.75, 3.05) is 5.75 Å². The molecule has 2 rings (SSSR count). The summed E-state index contributed by atoms with van der Waals surface area (Å²) in [4.78, 5) is 16.5. The summed E-state index contributed by atoms with van der Waals surface area (Å²) in [6, 6.07) is 9.64. The average Bonchev–Trinajstić information content (AvgIpc) is 2.91. The molecule has 1 amide bonds. The van der Waals surface area contributed by atoms with E-state index in [-0.39, 0.29) is 11.7 Å². The number of aromatic nitrogens is 2. The number of hydrogen-bond acceptors (Lipinski definition) is 6. The second-order valence-corrected chi connectivity index (χ2v) is 5.35. The predicted molar refractivity (Wildman–Crippen MR) is 70.0 cm³/mol. The van der Waals surface area contributed by atoms with Gasteiger partial charge < -0.3 is 0 Å². The minimum Gasteiger partial charge on any atom is -0.272 e. The number of hydrogen-bond donors (Lipinski definition) is 1. The van der Waals surface area contributed by atoms with E-state index < -0.39 is 0 Å². The van der Waals surface area contributed by atoms with Gasteiger partial charge in [0.05, 0.1) is 12.4 Å². The predicted octanol–water partition coefficient (Wildman–Crippen LogP) is 1.88. The maximum absolute atomic E-state index is 11.4. The Morgan fingerprint density at radius 2 is 2.22 bits per heavy atom. The summed E-state index contributed by atoms with van der Waals surface area (Å²) in [5.41, 5.74) is 5.03. The molecule has 0 spiro atoms. The number of rotatable bonds is 6. The highest BCUT2D eigenvalue weighted by Gasteiger charge is 2.04. The highest BCUT2D eigenvalue weighted by Crippen LogP contribution is 2.18. The summed E-state index contributed by atoms with van der Waals surface area (Å²) >= 11 is 2.74. The third-order valence-corrected chi connectivity index (χ3v) is 3.79. The van der Waals surface area contributed by atoms with Crippen molar-refractivity contribution in [2.45, 2.75) is 10.9 Å². The molecule has 0 unspecified atom stereocenters. The molecule has 0 saturated carbocycles. The molecule has 1 aromatic carbocycles. The fourth-order valence-corrected chi connectivity index (χ4v) is 2.43. The van der Waals surface area contributed by atoms with Gasteiger partial charge in [0.2, 0.25) is 0 Å². The quantitative estimate of drug-likeness (QED) is 0.647. The maximum atomic E-state index is 11.4. The first-order valence-corrected chi connectivity index (χ1v) is 7.04. The first kappa shape index (κ1) is 13.0. The minimum atomic E-state index is -0.189. The van der Waals surface area contributed by atoms with E-state index in [1.165, 1.54) is 23.1 Å². The van der Waals surface area contributed by atoms with Crippen LogP contribution in [0.5, 0.6) is 0 Å². The topological polar surface area (TPSA) is 64.1 Å². The Hall–Kier alpha value is -1.44. The number of nitrogens with zero attached hydrogens (tertiary/aromatic N) is 2. The fraction of sp³-hybridized carbons (Fsp3) is 0.182. The van der Waals surface area contributed by atoms with Crippen LogP contribution in [0.15, 0.2) is 40.2 Å². The SMILES string of the molecule is O=C(CSc1nncs1)NOCc1ccccc1. The highest BCUT2D eigenvalue weighted by atomic mass is 32.2. The molecule has 0 atom stereocenters. The Labute approximate surface area is 113 Å². The molecule has 0 fully saturated rings. The van der Waals surface area contributed by atoms with Crippen LogP contribution in [0.2, 0.25) is 0 Å². The molecule has 0 aliphatic heterocycles. The Bertz CT molecular complexity index is 476. The minimum absolute atomic E-state index is 0.189. The van der Waals surface area contributed by atoms with Gasteiger partial charge in [-0.15, -0.1) is 10.2 Å². The van der Waals surface area contributed by atoms with E-state index in [1.54, 1.807) is 5.51 Å². The van der Waals surface area contributed by atoms with E-state index in [9.17, 15) is 4.79 Å². The highest BCUT2D eigenvalue weighted by molar-refractivity contribution is 8.01. The summed E-state index contributed by atoms with van der Waals surface area (Å²) in [5.74, 6) is 0.0791. The van der Waals surface area contributed by atoms with Gasteiger partial charge in [0, 0.05) is 0 Å². The Balaban J connectivity index is 1.63. The lowest BCUT2D eigenvalue weighted by Crippen LogP contribution is -2.25. The molecule has 1 heterocycles. The molecule has 18 heavy (non-hydrogen) atoms. The monoisotopic (exact) mass is 281 g/mol. The molecule has 7 heteroatoms. The Morgan fingerprint density at radius 1 is 1.39 bits per heavy atom. The smallest absolute Gasteiger partial charge is 0.253 e. The van der Waals surface area contributed by atoms with E-state index in [0.29, 0.717) is 6.61 Å². The Morgan fingerprint density at radius 3 is 2.94 bits per heavy atom. The van der Waals surface area contributed by atoms with Crippen LogP contribution in [0.3, 0.4) is 0 Å². The van der Waals surface area contributed by atoms with Gasteiger partial charge in [-0.1, -0.05) is 53.4 Å². The van der Waals surface area contributed by atoms with Crippen molar-refractivity contribution in [2.24, 2.45) is 0 Å². The van der Waals surface area contributed by atoms with Crippen LogP contribution < -0.4 is 5.48 Å². The molecule has 0 aliphatic carbocycles. The summed E-state index contributed by atoms with van der Waals surface area (Å²) in [5, 5.41) is 7.51. The molecule has 0 aliphatic rings. The summed E-state index contributed by atoms with van der Waals surface area (Å²) in [6.45, 7) is 0.357. The summed E-state index contributed by atoms with van der Waals surface area (Å²) in [6.07, 6.45) is 0.